The van der Waals surface area contributed by atoms with E-state index < -0.39 is 6.09 Å². The quantitative estimate of drug-likeness (QED) is 0.895. The predicted molar refractivity (Wildman–Crippen MR) is 95.2 cm³/mol. The molecule has 0 saturated carbocycles. The summed E-state index contributed by atoms with van der Waals surface area (Å²) in [5, 5.41) is 2.67. The molecule has 132 valence electrons. The van der Waals surface area contributed by atoms with E-state index in [0.29, 0.717) is 22.9 Å². The zero-order valence-corrected chi connectivity index (χ0v) is 14.7. The number of rotatable bonds is 4. The molecule has 1 amide bonds. The second-order valence-electron chi connectivity index (χ2n) is 6.80. The highest BCUT2D eigenvalue weighted by atomic mass is 32.1. The molecule has 5 nitrogen and oxygen atoms in total. The lowest BCUT2D eigenvalue weighted by atomic mass is 9.73. The average Bonchev–Trinajstić information content (AvgIpc) is 3.10. The Morgan fingerprint density at radius 1 is 1.28 bits per heavy atom. The van der Waals surface area contributed by atoms with E-state index in [2.05, 4.69) is 15.2 Å². The molecule has 3 fully saturated rings. The van der Waals surface area contributed by atoms with E-state index in [4.69, 9.17) is 4.74 Å². The van der Waals surface area contributed by atoms with Crippen LogP contribution in [0.25, 0.3) is 10.4 Å². The molecule has 5 rings (SSSR count). The Morgan fingerprint density at radius 2 is 2.00 bits per heavy atom. The lowest BCUT2D eigenvalue weighted by Crippen LogP contribution is -2.50. The molecule has 3 aliphatic rings. The maximum absolute atomic E-state index is 14.0. The Morgan fingerprint density at radius 3 is 2.72 bits per heavy atom. The number of carbonyl (C=O) groups is 1. The fourth-order valence-electron chi connectivity index (χ4n) is 3.64. The van der Waals surface area contributed by atoms with Crippen LogP contribution in [0, 0.1) is 11.2 Å². The van der Waals surface area contributed by atoms with Crippen molar-refractivity contribution in [1.82, 2.24) is 9.88 Å². The number of halogens is 1. The number of carbonyl (C=O) groups excluding carboxylic acids is 1. The van der Waals surface area contributed by atoms with Crippen molar-refractivity contribution in [3.8, 4) is 10.4 Å². The monoisotopic (exact) mass is 361 g/mol. The van der Waals surface area contributed by atoms with Crippen LogP contribution in [0.5, 0.6) is 0 Å². The summed E-state index contributed by atoms with van der Waals surface area (Å²) in [7, 11) is 0. The van der Waals surface area contributed by atoms with Crippen LogP contribution in [0.3, 0.4) is 0 Å². The van der Waals surface area contributed by atoms with Crippen LogP contribution in [-0.4, -0.2) is 42.2 Å². The topological polar surface area (TPSA) is 54.5 Å². The average molecular weight is 361 g/mol. The van der Waals surface area contributed by atoms with Crippen molar-refractivity contribution in [2.24, 2.45) is 5.41 Å². The molecule has 25 heavy (non-hydrogen) atoms. The third-order valence-electron chi connectivity index (χ3n) is 5.29. The van der Waals surface area contributed by atoms with E-state index in [1.165, 1.54) is 17.4 Å². The number of benzene rings is 1. The summed E-state index contributed by atoms with van der Waals surface area (Å²) in [4.78, 5) is 19.4. The van der Waals surface area contributed by atoms with Gasteiger partial charge < -0.3 is 9.64 Å². The zero-order chi connectivity index (χ0) is 17.3. The molecule has 2 aromatic rings. The number of fused-ring (bicyclic) bond motifs is 3. The number of nitrogens with one attached hydrogen (secondary N) is 1. The van der Waals surface area contributed by atoms with Gasteiger partial charge in [0.2, 0.25) is 0 Å². The molecule has 2 bridgehead atoms. The molecular formula is C18H20FN3O2S. The van der Waals surface area contributed by atoms with Gasteiger partial charge in [-0.1, -0.05) is 18.2 Å². The Balaban J connectivity index is 1.40. The Bertz CT molecular complexity index is 757. The highest BCUT2D eigenvalue weighted by molar-refractivity contribution is 7.13. The maximum atomic E-state index is 14.0. The van der Waals surface area contributed by atoms with Crippen LogP contribution in [-0.2, 0) is 4.74 Å². The van der Waals surface area contributed by atoms with Crippen molar-refractivity contribution in [2.75, 3.05) is 31.6 Å². The standard InChI is InChI=1S/C18H20FN3O2S/c19-14-4-2-1-3-13(14)15-16(20-12-25-15)21-17(23)24-11-18-5-8-22(9-6-18)10-7-18/h1-4,12H,5-11H2,(H,21,23). The van der Waals surface area contributed by atoms with E-state index in [0.717, 1.165) is 38.9 Å². The summed E-state index contributed by atoms with van der Waals surface area (Å²) in [6.07, 6.45) is 2.72. The fraction of sp³-hybridized carbons (Fsp3) is 0.444. The van der Waals surface area contributed by atoms with Crippen LogP contribution in [0.15, 0.2) is 29.8 Å². The lowest BCUT2D eigenvalue weighted by molar-refractivity contribution is -0.0190. The fourth-order valence-corrected chi connectivity index (χ4v) is 4.41. The predicted octanol–water partition coefficient (Wildman–Crippen LogP) is 3.98. The third-order valence-corrected chi connectivity index (χ3v) is 6.15. The molecule has 3 aliphatic heterocycles. The van der Waals surface area contributed by atoms with Gasteiger partial charge in [0, 0.05) is 11.0 Å². The van der Waals surface area contributed by atoms with Crippen LogP contribution in [0.1, 0.15) is 19.3 Å². The number of amides is 1. The van der Waals surface area contributed by atoms with E-state index >= 15 is 0 Å². The second-order valence-corrected chi connectivity index (χ2v) is 7.66. The molecule has 1 N–H and O–H groups in total. The summed E-state index contributed by atoms with van der Waals surface area (Å²) in [5.41, 5.74) is 2.15. The minimum atomic E-state index is -0.522. The van der Waals surface area contributed by atoms with Crippen LogP contribution >= 0.6 is 11.3 Å². The van der Waals surface area contributed by atoms with Gasteiger partial charge in [0.1, 0.15) is 5.82 Å². The van der Waals surface area contributed by atoms with Gasteiger partial charge in [-0.3, -0.25) is 5.32 Å². The van der Waals surface area contributed by atoms with Gasteiger partial charge >= 0.3 is 6.09 Å². The van der Waals surface area contributed by atoms with Crippen molar-refractivity contribution in [1.29, 1.82) is 0 Å². The zero-order valence-electron chi connectivity index (χ0n) is 13.8. The van der Waals surface area contributed by atoms with Crippen LogP contribution < -0.4 is 5.32 Å². The Kier molecular flexibility index (Phi) is 4.43. The number of nitrogens with zero attached hydrogens (tertiary/aromatic N) is 2. The van der Waals surface area contributed by atoms with Crippen LogP contribution in [0.4, 0.5) is 15.0 Å². The van der Waals surface area contributed by atoms with E-state index in [1.807, 2.05) is 0 Å². The summed E-state index contributed by atoms with van der Waals surface area (Å²) in [6, 6.07) is 6.46. The lowest BCUT2D eigenvalue weighted by Gasteiger charge is -2.47. The van der Waals surface area contributed by atoms with Crippen molar-refractivity contribution in [2.45, 2.75) is 19.3 Å². The second kappa shape index (κ2) is 6.72. The molecule has 3 saturated heterocycles. The normalized spacial score (nSPS) is 24.9. The first-order valence-corrected chi connectivity index (χ1v) is 9.38. The van der Waals surface area contributed by atoms with Gasteiger partial charge in [-0.05, 0) is 45.0 Å². The third kappa shape index (κ3) is 3.39. The highest BCUT2D eigenvalue weighted by Gasteiger charge is 2.40. The number of aromatic nitrogens is 1. The smallest absolute Gasteiger partial charge is 0.412 e. The Hall–Kier alpha value is -1.99. The van der Waals surface area contributed by atoms with Gasteiger partial charge in [-0.2, -0.15) is 0 Å². The first-order valence-electron chi connectivity index (χ1n) is 8.50. The molecule has 0 atom stereocenters. The number of piperidine rings is 3. The van der Waals surface area contributed by atoms with Crippen LogP contribution in [0.2, 0.25) is 0 Å². The first-order chi connectivity index (χ1) is 12.2. The number of hydrogen-bond acceptors (Lipinski definition) is 5. The summed E-state index contributed by atoms with van der Waals surface area (Å²) >= 11 is 1.29. The first kappa shape index (κ1) is 16.5. The van der Waals surface area contributed by atoms with Crippen molar-refractivity contribution in [3.63, 3.8) is 0 Å². The van der Waals surface area contributed by atoms with Gasteiger partial charge in [-0.15, -0.1) is 11.3 Å². The molecular weight excluding hydrogens is 341 g/mol. The molecule has 0 unspecified atom stereocenters. The van der Waals surface area contributed by atoms with Gasteiger partial charge in [-0.25, -0.2) is 14.2 Å². The van der Waals surface area contributed by atoms with Gasteiger partial charge in [0.25, 0.3) is 0 Å². The Labute approximate surface area is 149 Å². The number of ether oxygens (including phenoxy) is 1. The van der Waals surface area contributed by atoms with E-state index in [-0.39, 0.29) is 11.2 Å². The van der Waals surface area contributed by atoms with Crippen molar-refractivity contribution < 1.29 is 13.9 Å². The van der Waals surface area contributed by atoms with Crippen molar-refractivity contribution >= 4 is 23.2 Å². The molecule has 7 heteroatoms. The number of anilines is 1. The molecule has 0 aliphatic carbocycles. The maximum Gasteiger partial charge on any atom is 0.412 e. The SMILES string of the molecule is O=C(Nc1ncsc1-c1ccccc1F)OCC12CCN(CC1)CC2. The number of hydrogen-bond donors (Lipinski definition) is 1. The summed E-state index contributed by atoms with van der Waals surface area (Å²) in [5.74, 6) is 0.00656. The van der Waals surface area contributed by atoms with Crippen molar-refractivity contribution in [3.05, 3.63) is 35.6 Å². The van der Waals surface area contributed by atoms with Gasteiger partial charge in [0.05, 0.1) is 17.0 Å². The highest BCUT2D eigenvalue weighted by Crippen LogP contribution is 2.40. The molecule has 0 radical (unpaired) electrons. The summed E-state index contributed by atoms with van der Waals surface area (Å²) < 4.78 is 19.5. The van der Waals surface area contributed by atoms with E-state index in [9.17, 15) is 9.18 Å². The minimum absolute atomic E-state index is 0.128. The molecule has 1 aromatic carbocycles. The molecule has 4 heterocycles. The van der Waals surface area contributed by atoms with E-state index in [1.54, 1.807) is 23.7 Å². The molecule has 0 spiro atoms. The van der Waals surface area contributed by atoms with Gasteiger partial charge in [0.15, 0.2) is 5.82 Å². The largest absolute Gasteiger partial charge is 0.449 e. The number of thiazole rings is 1. The summed E-state index contributed by atoms with van der Waals surface area (Å²) in [6.45, 7) is 3.71. The molecule has 1 aromatic heterocycles. The minimum Gasteiger partial charge on any atom is -0.449 e.